The van der Waals surface area contributed by atoms with Crippen LogP contribution in [0.1, 0.15) is 5.56 Å². The molecule has 1 amide bonds. The average molecular weight is 247 g/mol. The van der Waals surface area contributed by atoms with Crippen LogP contribution in [0.15, 0.2) is 23.8 Å². The number of nitrogens with two attached hydrogens (primary N) is 1. The summed E-state index contributed by atoms with van der Waals surface area (Å²) in [5.74, 6) is -0.611. The molecule has 0 spiro atoms. The van der Waals surface area contributed by atoms with E-state index in [-0.39, 0.29) is 16.8 Å². The Bertz CT molecular complexity index is 572. The Balaban J connectivity index is 3.37. The number of carbonyl (C=O) groups is 1. The molecule has 7 heteroatoms. The SMILES string of the molecule is COc1ccc([N+](=O)[O-])cc1/C=C(\C#N)C(N)=O. The van der Waals surface area contributed by atoms with Gasteiger partial charge in [0.05, 0.1) is 12.0 Å². The van der Waals surface area contributed by atoms with Crippen molar-refractivity contribution >= 4 is 17.7 Å². The summed E-state index contributed by atoms with van der Waals surface area (Å²) >= 11 is 0. The van der Waals surface area contributed by atoms with E-state index < -0.39 is 10.8 Å². The van der Waals surface area contributed by atoms with Crippen LogP contribution in [0.5, 0.6) is 5.75 Å². The van der Waals surface area contributed by atoms with E-state index in [1.807, 2.05) is 0 Å². The number of non-ortho nitro benzene ring substituents is 1. The van der Waals surface area contributed by atoms with Crippen LogP contribution in [-0.2, 0) is 4.79 Å². The lowest BCUT2D eigenvalue weighted by atomic mass is 10.1. The number of primary amides is 1. The van der Waals surface area contributed by atoms with Gasteiger partial charge in [-0.2, -0.15) is 5.26 Å². The highest BCUT2D eigenvalue weighted by molar-refractivity contribution is 6.00. The summed E-state index contributed by atoms with van der Waals surface area (Å²) in [6.45, 7) is 0. The summed E-state index contributed by atoms with van der Waals surface area (Å²) < 4.78 is 4.98. The quantitative estimate of drug-likeness (QED) is 0.368. The van der Waals surface area contributed by atoms with Crippen molar-refractivity contribution in [2.75, 3.05) is 7.11 Å². The van der Waals surface area contributed by atoms with E-state index in [4.69, 9.17) is 15.7 Å². The first kappa shape index (κ1) is 13.2. The van der Waals surface area contributed by atoms with Crippen LogP contribution in [0.25, 0.3) is 6.08 Å². The number of hydrogen-bond donors (Lipinski definition) is 1. The van der Waals surface area contributed by atoms with Gasteiger partial charge in [-0.15, -0.1) is 0 Å². The van der Waals surface area contributed by atoms with Crippen molar-refractivity contribution in [1.29, 1.82) is 5.26 Å². The predicted octanol–water partition coefficient (Wildman–Crippen LogP) is 0.996. The molecule has 0 heterocycles. The number of rotatable bonds is 4. The molecule has 0 saturated heterocycles. The van der Waals surface area contributed by atoms with Gasteiger partial charge < -0.3 is 10.5 Å². The van der Waals surface area contributed by atoms with Gasteiger partial charge in [-0.1, -0.05) is 0 Å². The van der Waals surface area contributed by atoms with Gasteiger partial charge in [-0.05, 0) is 12.1 Å². The molecule has 2 N–H and O–H groups in total. The average Bonchev–Trinajstić information content (AvgIpc) is 2.35. The van der Waals surface area contributed by atoms with Crippen LogP contribution in [0.4, 0.5) is 5.69 Å². The number of carbonyl (C=O) groups excluding carboxylic acids is 1. The minimum Gasteiger partial charge on any atom is -0.496 e. The fourth-order valence-corrected chi connectivity index (χ4v) is 1.26. The van der Waals surface area contributed by atoms with E-state index in [9.17, 15) is 14.9 Å². The van der Waals surface area contributed by atoms with E-state index in [1.54, 1.807) is 6.07 Å². The molecule has 92 valence electrons. The molecule has 1 aromatic rings. The molecule has 0 fully saturated rings. The van der Waals surface area contributed by atoms with Crippen molar-refractivity contribution in [2.45, 2.75) is 0 Å². The maximum Gasteiger partial charge on any atom is 0.270 e. The van der Waals surface area contributed by atoms with Gasteiger partial charge in [0.15, 0.2) is 0 Å². The fraction of sp³-hybridized carbons (Fsp3) is 0.0909. The molecule has 0 aliphatic rings. The van der Waals surface area contributed by atoms with E-state index in [0.717, 1.165) is 6.08 Å². The van der Waals surface area contributed by atoms with E-state index >= 15 is 0 Å². The molecule has 0 aromatic heterocycles. The Kier molecular flexibility index (Phi) is 3.99. The molecule has 0 saturated carbocycles. The number of amides is 1. The number of nitro benzene ring substituents is 1. The minimum absolute atomic E-state index is 0.177. The fourth-order valence-electron chi connectivity index (χ4n) is 1.26. The maximum absolute atomic E-state index is 10.9. The van der Waals surface area contributed by atoms with Crippen LogP contribution < -0.4 is 10.5 Å². The molecule has 0 radical (unpaired) electrons. The first-order chi connectivity index (χ1) is 8.49. The molecule has 0 atom stereocenters. The molecular formula is C11H9N3O4. The zero-order valence-electron chi connectivity index (χ0n) is 9.41. The predicted molar refractivity (Wildman–Crippen MR) is 62.4 cm³/mol. The van der Waals surface area contributed by atoms with Crippen molar-refractivity contribution in [2.24, 2.45) is 5.73 Å². The van der Waals surface area contributed by atoms with Gasteiger partial charge in [0.2, 0.25) is 0 Å². The van der Waals surface area contributed by atoms with E-state index in [2.05, 4.69) is 0 Å². The van der Waals surface area contributed by atoms with Gasteiger partial charge in [-0.25, -0.2) is 0 Å². The summed E-state index contributed by atoms with van der Waals surface area (Å²) in [4.78, 5) is 20.9. The zero-order chi connectivity index (χ0) is 13.7. The molecule has 0 bridgehead atoms. The molecule has 0 aliphatic carbocycles. The lowest BCUT2D eigenvalue weighted by Crippen LogP contribution is -2.12. The van der Waals surface area contributed by atoms with Gasteiger partial charge in [-0.3, -0.25) is 14.9 Å². The van der Waals surface area contributed by atoms with Crippen molar-refractivity contribution in [3.63, 3.8) is 0 Å². The highest BCUT2D eigenvalue weighted by Gasteiger charge is 2.12. The van der Waals surface area contributed by atoms with Crippen molar-refractivity contribution < 1.29 is 14.5 Å². The second-order valence-corrected chi connectivity index (χ2v) is 3.22. The molecule has 0 aliphatic heterocycles. The lowest BCUT2D eigenvalue weighted by molar-refractivity contribution is -0.384. The van der Waals surface area contributed by atoms with Gasteiger partial charge in [0, 0.05) is 17.7 Å². The molecular weight excluding hydrogens is 238 g/mol. The monoisotopic (exact) mass is 247 g/mol. The third-order valence-electron chi connectivity index (χ3n) is 2.11. The van der Waals surface area contributed by atoms with Crippen molar-refractivity contribution in [3.05, 3.63) is 39.4 Å². The number of nitrogens with zero attached hydrogens (tertiary/aromatic N) is 2. The number of hydrogen-bond acceptors (Lipinski definition) is 5. The number of nitriles is 1. The van der Waals surface area contributed by atoms with Crippen LogP contribution in [0, 0.1) is 21.4 Å². The Morgan fingerprint density at radius 1 is 1.61 bits per heavy atom. The third kappa shape index (κ3) is 2.82. The number of ether oxygens (including phenoxy) is 1. The Labute approximate surface area is 102 Å². The molecule has 1 aromatic carbocycles. The van der Waals surface area contributed by atoms with Crippen LogP contribution in [0.3, 0.4) is 0 Å². The second-order valence-electron chi connectivity index (χ2n) is 3.22. The Morgan fingerprint density at radius 3 is 2.72 bits per heavy atom. The lowest BCUT2D eigenvalue weighted by Gasteiger charge is -2.04. The smallest absolute Gasteiger partial charge is 0.270 e. The van der Waals surface area contributed by atoms with Gasteiger partial charge in [0.1, 0.15) is 17.4 Å². The zero-order valence-corrected chi connectivity index (χ0v) is 9.41. The summed E-state index contributed by atoms with van der Waals surface area (Å²) in [5, 5.41) is 19.3. The summed E-state index contributed by atoms with van der Waals surface area (Å²) in [6, 6.07) is 5.44. The molecule has 0 unspecified atom stereocenters. The molecule has 7 nitrogen and oxygen atoms in total. The van der Waals surface area contributed by atoms with E-state index in [1.165, 1.54) is 25.3 Å². The Morgan fingerprint density at radius 2 is 2.28 bits per heavy atom. The largest absolute Gasteiger partial charge is 0.496 e. The third-order valence-corrected chi connectivity index (χ3v) is 2.11. The second kappa shape index (κ2) is 5.45. The molecule has 18 heavy (non-hydrogen) atoms. The number of nitro groups is 1. The summed E-state index contributed by atoms with van der Waals surface area (Å²) in [5.41, 5.74) is 4.73. The summed E-state index contributed by atoms with van der Waals surface area (Å²) in [6.07, 6.45) is 1.15. The first-order valence-electron chi connectivity index (χ1n) is 4.73. The highest BCUT2D eigenvalue weighted by atomic mass is 16.6. The van der Waals surface area contributed by atoms with Gasteiger partial charge >= 0.3 is 0 Å². The first-order valence-corrected chi connectivity index (χ1v) is 4.73. The van der Waals surface area contributed by atoms with E-state index in [0.29, 0.717) is 5.75 Å². The number of benzene rings is 1. The number of methoxy groups -OCH3 is 1. The van der Waals surface area contributed by atoms with Crippen molar-refractivity contribution in [3.8, 4) is 11.8 Å². The standard InChI is InChI=1S/C11H9N3O4/c1-18-10-3-2-9(14(16)17)5-7(10)4-8(6-12)11(13)15/h2-5H,1H3,(H2,13,15)/b8-4+. The normalized spacial score (nSPS) is 10.6. The van der Waals surface area contributed by atoms with Crippen LogP contribution in [0.2, 0.25) is 0 Å². The highest BCUT2D eigenvalue weighted by Crippen LogP contribution is 2.25. The maximum atomic E-state index is 10.9. The van der Waals surface area contributed by atoms with Gasteiger partial charge in [0.25, 0.3) is 11.6 Å². The van der Waals surface area contributed by atoms with Crippen LogP contribution in [-0.4, -0.2) is 17.9 Å². The summed E-state index contributed by atoms with van der Waals surface area (Å²) in [7, 11) is 1.37. The van der Waals surface area contributed by atoms with Crippen molar-refractivity contribution in [1.82, 2.24) is 0 Å². The Hall–Kier alpha value is -2.88. The molecule has 1 rings (SSSR count). The topological polar surface area (TPSA) is 119 Å². The minimum atomic E-state index is -0.911. The van der Waals surface area contributed by atoms with Crippen LogP contribution >= 0.6 is 0 Å².